The highest BCUT2D eigenvalue weighted by atomic mass is 14.9. The summed E-state index contributed by atoms with van der Waals surface area (Å²) in [6, 6.07) is 10.0. The average Bonchev–Trinajstić information content (AvgIpc) is 2.40. The molecule has 0 bridgehead atoms. The van der Waals surface area contributed by atoms with Gasteiger partial charge in [0.1, 0.15) is 0 Å². The van der Waals surface area contributed by atoms with Gasteiger partial charge in [-0.25, -0.2) is 0 Å². The summed E-state index contributed by atoms with van der Waals surface area (Å²) in [5, 5.41) is 3.67. The summed E-state index contributed by atoms with van der Waals surface area (Å²) in [5.41, 5.74) is 2.99. The van der Waals surface area contributed by atoms with E-state index in [0.717, 1.165) is 12.5 Å². The predicted octanol–water partition coefficient (Wildman–Crippen LogP) is 4.45. The number of hydrogen-bond acceptors (Lipinski definition) is 1. The molecule has 2 rings (SSSR count). The van der Waals surface area contributed by atoms with Gasteiger partial charge in [-0.2, -0.15) is 0 Å². The van der Waals surface area contributed by atoms with Crippen molar-refractivity contribution >= 4 is 0 Å². The molecule has 1 nitrogen and oxygen atoms in total. The Morgan fingerprint density at radius 2 is 1.78 bits per heavy atom. The van der Waals surface area contributed by atoms with E-state index in [1.165, 1.54) is 36.8 Å². The zero-order valence-electron chi connectivity index (χ0n) is 12.1. The Morgan fingerprint density at radius 1 is 1.11 bits per heavy atom. The second-order valence-corrected chi connectivity index (χ2v) is 5.88. The fourth-order valence-electron chi connectivity index (χ4n) is 3.16. The van der Waals surface area contributed by atoms with Gasteiger partial charge in [0.25, 0.3) is 0 Å². The quantitative estimate of drug-likeness (QED) is 0.826. The molecule has 1 aromatic carbocycles. The van der Waals surface area contributed by atoms with E-state index in [1.54, 1.807) is 0 Å². The molecule has 2 atom stereocenters. The topological polar surface area (TPSA) is 12.0 Å². The summed E-state index contributed by atoms with van der Waals surface area (Å²) in [7, 11) is 0. The van der Waals surface area contributed by atoms with Crippen molar-refractivity contribution in [3.05, 3.63) is 35.4 Å². The van der Waals surface area contributed by atoms with Crippen LogP contribution < -0.4 is 5.32 Å². The second-order valence-electron chi connectivity index (χ2n) is 5.88. The van der Waals surface area contributed by atoms with Crippen molar-refractivity contribution < 1.29 is 0 Å². The zero-order valence-corrected chi connectivity index (χ0v) is 12.1. The first-order chi connectivity index (χ1) is 8.72. The summed E-state index contributed by atoms with van der Waals surface area (Å²) in [6.45, 7) is 7.83. The van der Waals surface area contributed by atoms with Crippen LogP contribution in [-0.4, -0.2) is 12.6 Å². The lowest BCUT2D eigenvalue weighted by Crippen LogP contribution is -2.37. The van der Waals surface area contributed by atoms with Gasteiger partial charge in [0.05, 0.1) is 0 Å². The first kappa shape index (κ1) is 13.6. The van der Waals surface area contributed by atoms with Crippen molar-refractivity contribution in [1.29, 1.82) is 0 Å². The third-order valence-corrected chi connectivity index (χ3v) is 4.26. The van der Waals surface area contributed by atoms with E-state index in [-0.39, 0.29) is 0 Å². The fourth-order valence-corrected chi connectivity index (χ4v) is 3.16. The Balaban J connectivity index is 2.12. The maximum atomic E-state index is 3.67. The molecule has 1 N–H and O–H groups in total. The molecule has 0 amide bonds. The number of likely N-dealkylation sites (N-methyl/N-ethyl adjacent to an activating group) is 1. The lowest BCUT2D eigenvalue weighted by Gasteiger charge is -2.32. The van der Waals surface area contributed by atoms with Gasteiger partial charge in [-0.1, -0.05) is 57.9 Å². The van der Waals surface area contributed by atoms with Crippen LogP contribution in [0.3, 0.4) is 0 Å². The molecule has 1 heteroatoms. The lowest BCUT2D eigenvalue weighted by atomic mass is 9.79. The van der Waals surface area contributed by atoms with Gasteiger partial charge in [0.2, 0.25) is 0 Å². The SMILES string of the molecule is CCNC1CCCCC1c1ccc(C(C)C)cc1. The summed E-state index contributed by atoms with van der Waals surface area (Å²) < 4.78 is 0. The molecule has 1 saturated carbocycles. The van der Waals surface area contributed by atoms with Crippen LogP contribution in [0.5, 0.6) is 0 Å². The van der Waals surface area contributed by atoms with Crippen molar-refractivity contribution in [1.82, 2.24) is 5.32 Å². The molecular weight excluding hydrogens is 218 g/mol. The van der Waals surface area contributed by atoms with Crippen LogP contribution in [-0.2, 0) is 0 Å². The predicted molar refractivity (Wildman–Crippen MR) is 79.2 cm³/mol. The van der Waals surface area contributed by atoms with Crippen LogP contribution in [0.2, 0.25) is 0 Å². The van der Waals surface area contributed by atoms with Crippen LogP contribution in [0.4, 0.5) is 0 Å². The summed E-state index contributed by atoms with van der Waals surface area (Å²) in [6.07, 6.45) is 5.46. The first-order valence-corrected chi connectivity index (χ1v) is 7.55. The average molecular weight is 245 g/mol. The van der Waals surface area contributed by atoms with Gasteiger partial charge in [0.15, 0.2) is 0 Å². The number of benzene rings is 1. The fraction of sp³-hybridized carbons (Fsp3) is 0.647. The van der Waals surface area contributed by atoms with Crippen LogP contribution in [0.1, 0.15) is 69.4 Å². The minimum atomic E-state index is 0.634. The third-order valence-electron chi connectivity index (χ3n) is 4.26. The molecular formula is C17H27N. The van der Waals surface area contributed by atoms with E-state index < -0.39 is 0 Å². The van der Waals surface area contributed by atoms with Crippen LogP contribution in [0, 0.1) is 0 Å². The monoisotopic (exact) mass is 245 g/mol. The zero-order chi connectivity index (χ0) is 13.0. The molecule has 1 aliphatic rings. The maximum Gasteiger partial charge on any atom is 0.0136 e. The Labute approximate surface area is 112 Å². The normalized spacial score (nSPS) is 24.4. The molecule has 0 spiro atoms. The molecule has 1 aliphatic carbocycles. The van der Waals surface area contributed by atoms with E-state index in [4.69, 9.17) is 0 Å². The van der Waals surface area contributed by atoms with Gasteiger partial charge in [-0.05, 0) is 42.3 Å². The van der Waals surface area contributed by atoms with E-state index in [2.05, 4.69) is 50.4 Å². The molecule has 2 unspecified atom stereocenters. The Bertz CT molecular complexity index is 350. The minimum absolute atomic E-state index is 0.634. The van der Waals surface area contributed by atoms with Gasteiger partial charge >= 0.3 is 0 Å². The molecule has 1 fully saturated rings. The van der Waals surface area contributed by atoms with E-state index in [1.807, 2.05) is 0 Å². The number of nitrogens with one attached hydrogen (secondary N) is 1. The molecule has 0 aliphatic heterocycles. The van der Waals surface area contributed by atoms with Crippen molar-refractivity contribution in [2.24, 2.45) is 0 Å². The van der Waals surface area contributed by atoms with E-state index in [0.29, 0.717) is 12.0 Å². The van der Waals surface area contributed by atoms with Crippen molar-refractivity contribution in [3.8, 4) is 0 Å². The highest BCUT2D eigenvalue weighted by Gasteiger charge is 2.25. The van der Waals surface area contributed by atoms with E-state index >= 15 is 0 Å². The van der Waals surface area contributed by atoms with Gasteiger partial charge in [-0.3, -0.25) is 0 Å². The Hall–Kier alpha value is -0.820. The highest BCUT2D eigenvalue weighted by Crippen LogP contribution is 2.33. The van der Waals surface area contributed by atoms with Crippen molar-refractivity contribution in [2.45, 2.75) is 64.3 Å². The Morgan fingerprint density at radius 3 is 2.39 bits per heavy atom. The number of rotatable bonds is 4. The summed E-state index contributed by atoms with van der Waals surface area (Å²) in [5.74, 6) is 1.36. The van der Waals surface area contributed by atoms with Crippen molar-refractivity contribution in [3.63, 3.8) is 0 Å². The minimum Gasteiger partial charge on any atom is -0.314 e. The summed E-state index contributed by atoms with van der Waals surface area (Å²) in [4.78, 5) is 0. The molecule has 1 aromatic rings. The molecule has 0 saturated heterocycles. The summed E-state index contributed by atoms with van der Waals surface area (Å²) >= 11 is 0. The molecule has 0 radical (unpaired) electrons. The smallest absolute Gasteiger partial charge is 0.0136 e. The largest absolute Gasteiger partial charge is 0.314 e. The molecule has 0 heterocycles. The standard InChI is InChI=1S/C17H27N/c1-4-18-17-8-6-5-7-16(17)15-11-9-14(10-12-15)13(2)3/h9-13,16-18H,4-8H2,1-3H3. The maximum absolute atomic E-state index is 3.67. The van der Waals surface area contributed by atoms with Gasteiger partial charge < -0.3 is 5.32 Å². The van der Waals surface area contributed by atoms with Gasteiger partial charge in [0, 0.05) is 6.04 Å². The lowest BCUT2D eigenvalue weighted by molar-refractivity contribution is 0.332. The molecule has 0 aromatic heterocycles. The van der Waals surface area contributed by atoms with Gasteiger partial charge in [-0.15, -0.1) is 0 Å². The van der Waals surface area contributed by atoms with Crippen LogP contribution in [0.15, 0.2) is 24.3 Å². The second kappa shape index (κ2) is 6.38. The molecule has 18 heavy (non-hydrogen) atoms. The highest BCUT2D eigenvalue weighted by molar-refractivity contribution is 5.28. The molecule has 100 valence electrons. The van der Waals surface area contributed by atoms with Crippen molar-refractivity contribution in [2.75, 3.05) is 6.54 Å². The third kappa shape index (κ3) is 3.14. The van der Waals surface area contributed by atoms with Crippen LogP contribution in [0.25, 0.3) is 0 Å². The number of hydrogen-bond donors (Lipinski definition) is 1. The van der Waals surface area contributed by atoms with Crippen LogP contribution >= 0.6 is 0 Å². The Kier molecular flexibility index (Phi) is 4.82. The van der Waals surface area contributed by atoms with E-state index in [9.17, 15) is 0 Å². The first-order valence-electron chi connectivity index (χ1n) is 7.55.